The van der Waals surface area contributed by atoms with Gasteiger partial charge < -0.3 is 0 Å². The molecule has 98 valence electrons. The third kappa shape index (κ3) is 2.94. The smallest absolute Gasteiger partial charge is 0.0703 e. The molecule has 0 saturated carbocycles. The number of alkyl halides is 1. The van der Waals surface area contributed by atoms with E-state index in [1.165, 1.54) is 35.9 Å². The van der Waals surface area contributed by atoms with Gasteiger partial charge in [0.25, 0.3) is 0 Å². The lowest BCUT2D eigenvalue weighted by Gasteiger charge is -2.04. The second-order valence-corrected chi connectivity index (χ2v) is 5.97. The van der Waals surface area contributed by atoms with Crippen LogP contribution < -0.4 is 0 Å². The fourth-order valence-electron chi connectivity index (χ4n) is 2.32. The molecule has 0 saturated heterocycles. The molecule has 2 nitrogen and oxygen atoms in total. The molecule has 1 unspecified atom stereocenters. The Morgan fingerprint density at radius 1 is 1.28 bits per heavy atom. The van der Waals surface area contributed by atoms with Gasteiger partial charge in [0.05, 0.1) is 11.2 Å². The second-order valence-electron chi connectivity index (χ2n) is 4.68. The van der Waals surface area contributed by atoms with Crippen LogP contribution in [0.2, 0.25) is 0 Å². The van der Waals surface area contributed by atoms with Crippen molar-refractivity contribution in [3.8, 4) is 0 Å². The van der Waals surface area contributed by atoms with Crippen LogP contribution in [0.15, 0.2) is 24.3 Å². The average Bonchev–Trinajstić information content (AvgIpc) is 2.77. The van der Waals surface area contributed by atoms with Crippen molar-refractivity contribution in [1.29, 1.82) is 0 Å². The van der Waals surface area contributed by atoms with E-state index in [-0.39, 0.29) is 0 Å². The number of aromatic nitrogens is 2. The molecule has 18 heavy (non-hydrogen) atoms. The number of hydrogen-bond acceptors (Lipinski definition) is 1. The van der Waals surface area contributed by atoms with Crippen LogP contribution in [0.25, 0.3) is 10.9 Å². The molecular formula is C15H21BrN2. The zero-order valence-corrected chi connectivity index (χ0v) is 12.8. The van der Waals surface area contributed by atoms with Crippen LogP contribution in [0.1, 0.15) is 38.8 Å². The van der Waals surface area contributed by atoms with Crippen molar-refractivity contribution in [3.63, 3.8) is 0 Å². The third-order valence-electron chi connectivity index (χ3n) is 3.41. The summed E-state index contributed by atoms with van der Waals surface area (Å²) in [4.78, 5) is 0.650. The number of rotatable bonds is 6. The maximum atomic E-state index is 4.73. The maximum absolute atomic E-state index is 4.73. The highest BCUT2D eigenvalue weighted by molar-refractivity contribution is 9.09. The molecule has 1 aromatic heterocycles. The summed E-state index contributed by atoms with van der Waals surface area (Å²) in [6.45, 7) is 5.31. The minimum Gasteiger partial charge on any atom is -0.265 e. The zero-order valence-electron chi connectivity index (χ0n) is 11.2. The summed E-state index contributed by atoms with van der Waals surface area (Å²) in [6.07, 6.45) is 4.71. The molecule has 0 aliphatic rings. The molecule has 1 aromatic carbocycles. The van der Waals surface area contributed by atoms with Crippen molar-refractivity contribution in [2.24, 2.45) is 0 Å². The molecule has 0 aliphatic heterocycles. The van der Waals surface area contributed by atoms with Gasteiger partial charge in [0, 0.05) is 16.8 Å². The molecule has 2 rings (SSSR count). The van der Waals surface area contributed by atoms with E-state index in [4.69, 9.17) is 5.10 Å². The molecule has 1 atom stereocenters. The molecule has 0 spiro atoms. The zero-order chi connectivity index (χ0) is 13.0. The molecule has 3 heteroatoms. The van der Waals surface area contributed by atoms with E-state index < -0.39 is 0 Å². The van der Waals surface area contributed by atoms with Crippen LogP contribution in [0.5, 0.6) is 0 Å². The van der Waals surface area contributed by atoms with E-state index in [9.17, 15) is 0 Å². The lowest BCUT2D eigenvalue weighted by Crippen LogP contribution is -1.99. The van der Waals surface area contributed by atoms with Crippen LogP contribution >= 0.6 is 15.9 Å². The number of halogens is 1. The molecule has 2 aromatic rings. The number of fused-ring (bicyclic) bond motifs is 1. The van der Waals surface area contributed by atoms with Crippen LogP contribution in [0.3, 0.4) is 0 Å². The van der Waals surface area contributed by atoms with Gasteiger partial charge in [-0.3, -0.25) is 4.68 Å². The molecule has 1 heterocycles. The molecule has 0 aliphatic carbocycles. The highest BCUT2D eigenvalue weighted by atomic mass is 79.9. The van der Waals surface area contributed by atoms with Gasteiger partial charge >= 0.3 is 0 Å². The molecule has 0 bridgehead atoms. The van der Waals surface area contributed by atoms with Crippen molar-refractivity contribution < 1.29 is 0 Å². The minimum absolute atomic E-state index is 0.650. The number of nitrogens with zero attached hydrogens (tertiary/aromatic N) is 2. The van der Waals surface area contributed by atoms with Gasteiger partial charge in [0.1, 0.15) is 0 Å². The average molecular weight is 309 g/mol. The van der Waals surface area contributed by atoms with Crippen molar-refractivity contribution in [2.45, 2.75) is 50.9 Å². The van der Waals surface area contributed by atoms with Crippen LogP contribution in [-0.4, -0.2) is 14.6 Å². The van der Waals surface area contributed by atoms with E-state index in [0.29, 0.717) is 4.83 Å². The number of para-hydroxylation sites is 1. The monoisotopic (exact) mass is 308 g/mol. The molecule has 0 radical (unpaired) electrons. The summed E-state index contributed by atoms with van der Waals surface area (Å²) in [5.74, 6) is 0. The topological polar surface area (TPSA) is 17.8 Å². The first kappa shape index (κ1) is 13.6. The molecule has 0 N–H and O–H groups in total. The van der Waals surface area contributed by atoms with E-state index >= 15 is 0 Å². The second kappa shape index (κ2) is 6.37. The van der Waals surface area contributed by atoms with E-state index in [2.05, 4.69) is 58.7 Å². The van der Waals surface area contributed by atoms with E-state index in [0.717, 1.165) is 13.0 Å². The normalized spacial score (nSPS) is 13.1. The number of aryl methyl sites for hydroxylation is 2. The predicted molar refractivity (Wildman–Crippen MR) is 81.4 cm³/mol. The summed E-state index contributed by atoms with van der Waals surface area (Å²) in [5, 5.41) is 6.05. The Hall–Kier alpha value is -0.830. The quantitative estimate of drug-likeness (QED) is 0.716. The van der Waals surface area contributed by atoms with Crippen LogP contribution in [-0.2, 0) is 13.0 Å². The van der Waals surface area contributed by atoms with Gasteiger partial charge in [-0.05, 0) is 38.7 Å². The summed E-state index contributed by atoms with van der Waals surface area (Å²) in [7, 11) is 0. The summed E-state index contributed by atoms with van der Waals surface area (Å²) in [6, 6.07) is 8.54. The fourth-order valence-corrected chi connectivity index (χ4v) is 2.64. The van der Waals surface area contributed by atoms with Gasteiger partial charge in [0.15, 0.2) is 0 Å². The van der Waals surface area contributed by atoms with Gasteiger partial charge in [-0.15, -0.1) is 0 Å². The SMILES string of the molecule is CCC(Br)CCCc1nn(CC)c2ccccc12. The first-order chi connectivity index (χ1) is 8.76. The summed E-state index contributed by atoms with van der Waals surface area (Å²) < 4.78 is 2.11. The van der Waals surface area contributed by atoms with E-state index in [1.807, 2.05) is 0 Å². The first-order valence-corrected chi connectivity index (χ1v) is 7.76. The van der Waals surface area contributed by atoms with Gasteiger partial charge in [-0.25, -0.2) is 0 Å². The van der Waals surface area contributed by atoms with Crippen molar-refractivity contribution in [1.82, 2.24) is 9.78 Å². The van der Waals surface area contributed by atoms with Crippen molar-refractivity contribution in [3.05, 3.63) is 30.0 Å². The van der Waals surface area contributed by atoms with Crippen LogP contribution in [0, 0.1) is 0 Å². The highest BCUT2D eigenvalue weighted by Crippen LogP contribution is 2.21. The maximum Gasteiger partial charge on any atom is 0.0703 e. The van der Waals surface area contributed by atoms with Crippen molar-refractivity contribution >= 4 is 26.8 Å². The van der Waals surface area contributed by atoms with Gasteiger partial charge in [-0.1, -0.05) is 41.1 Å². The molecular weight excluding hydrogens is 288 g/mol. The Balaban J connectivity index is 2.13. The highest BCUT2D eigenvalue weighted by Gasteiger charge is 2.09. The van der Waals surface area contributed by atoms with Gasteiger partial charge in [0.2, 0.25) is 0 Å². The Bertz CT molecular complexity index is 504. The Labute approximate surface area is 118 Å². The largest absolute Gasteiger partial charge is 0.265 e. The molecule has 0 amide bonds. The standard InChI is InChI=1S/C15H21BrN2/c1-3-12(16)8-7-10-14-13-9-5-6-11-15(13)18(4-2)17-14/h5-6,9,11-12H,3-4,7-8,10H2,1-2H3. The van der Waals surface area contributed by atoms with Gasteiger partial charge in [-0.2, -0.15) is 5.10 Å². The predicted octanol–water partition coefficient (Wildman–Crippen LogP) is 4.55. The van der Waals surface area contributed by atoms with Crippen LogP contribution in [0.4, 0.5) is 0 Å². The lowest BCUT2D eigenvalue weighted by molar-refractivity contribution is 0.642. The van der Waals surface area contributed by atoms with Crippen molar-refractivity contribution in [2.75, 3.05) is 0 Å². The molecule has 0 fully saturated rings. The number of hydrogen-bond donors (Lipinski definition) is 0. The van der Waals surface area contributed by atoms with E-state index in [1.54, 1.807) is 0 Å². The Kier molecular flexibility index (Phi) is 4.81. The minimum atomic E-state index is 0.650. The Morgan fingerprint density at radius 3 is 2.78 bits per heavy atom. The number of benzene rings is 1. The first-order valence-electron chi connectivity index (χ1n) is 6.84. The lowest BCUT2D eigenvalue weighted by atomic mass is 10.1. The summed E-state index contributed by atoms with van der Waals surface area (Å²) in [5.41, 5.74) is 2.52. The fraction of sp³-hybridized carbons (Fsp3) is 0.533. The summed E-state index contributed by atoms with van der Waals surface area (Å²) >= 11 is 3.69. The third-order valence-corrected chi connectivity index (χ3v) is 4.51. The Morgan fingerprint density at radius 2 is 2.06 bits per heavy atom.